The molecule has 0 unspecified atom stereocenters. The van der Waals surface area contributed by atoms with Crippen molar-refractivity contribution in [2.45, 2.75) is 6.54 Å². The standard InChI is InChI=1S/C13H9FN4O3/c14-10-4-8(3-9(5-10)12(19)20)7-18-13(21)17-2-1-15-6-11(17)16-18/h1-6H,7H2,(H,19,20). The number of benzene rings is 1. The van der Waals surface area contributed by atoms with Crippen LogP contribution >= 0.6 is 0 Å². The van der Waals surface area contributed by atoms with Crippen LogP contribution in [-0.2, 0) is 6.54 Å². The number of carbonyl (C=O) groups is 1. The zero-order valence-electron chi connectivity index (χ0n) is 10.6. The van der Waals surface area contributed by atoms with Gasteiger partial charge in [0.15, 0.2) is 5.65 Å². The highest BCUT2D eigenvalue weighted by Crippen LogP contribution is 2.10. The molecular weight excluding hydrogens is 279 g/mol. The summed E-state index contributed by atoms with van der Waals surface area (Å²) in [7, 11) is 0. The van der Waals surface area contributed by atoms with Crippen molar-refractivity contribution in [2.75, 3.05) is 0 Å². The summed E-state index contributed by atoms with van der Waals surface area (Å²) in [6, 6.07) is 3.39. The van der Waals surface area contributed by atoms with Crippen LogP contribution in [0.1, 0.15) is 15.9 Å². The van der Waals surface area contributed by atoms with Crippen LogP contribution < -0.4 is 5.69 Å². The highest BCUT2D eigenvalue weighted by molar-refractivity contribution is 5.87. The number of carboxylic acid groups (broad SMARTS) is 1. The minimum Gasteiger partial charge on any atom is -0.478 e. The van der Waals surface area contributed by atoms with Gasteiger partial charge in [0.1, 0.15) is 5.82 Å². The summed E-state index contributed by atoms with van der Waals surface area (Å²) in [5, 5.41) is 13.0. The number of rotatable bonds is 3. The van der Waals surface area contributed by atoms with Gasteiger partial charge >= 0.3 is 11.7 Å². The first-order chi connectivity index (χ1) is 10.0. The fraction of sp³-hybridized carbons (Fsp3) is 0.0769. The summed E-state index contributed by atoms with van der Waals surface area (Å²) in [4.78, 5) is 26.8. The van der Waals surface area contributed by atoms with Crippen LogP contribution in [0.3, 0.4) is 0 Å². The number of aromatic nitrogens is 4. The molecule has 7 nitrogen and oxygen atoms in total. The van der Waals surface area contributed by atoms with Crippen molar-refractivity contribution in [1.82, 2.24) is 19.2 Å². The molecule has 0 spiro atoms. The molecule has 0 saturated heterocycles. The average Bonchev–Trinajstić information content (AvgIpc) is 2.75. The van der Waals surface area contributed by atoms with Crippen LogP contribution in [0.25, 0.3) is 5.65 Å². The Morgan fingerprint density at radius 2 is 2.14 bits per heavy atom. The molecule has 106 valence electrons. The molecule has 2 aromatic heterocycles. The summed E-state index contributed by atoms with van der Waals surface area (Å²) in [5.41, 5.74) is 0.111. The van der Waals surface area contributed by atoms with Crippen molar-refractivity contribution in [2.24, 2.45) is 0 Å². The predicted molar refractivity (Wildman–Crippen MR) is 69.7 cm³/mol. The van der Waals surface area contributed by atoms with Crippen molar-refractivity contribution in [3.8, 4) is 0 Å². The normalized spacial score (nSPS) is 10.9. The molecule has 1 N–H and O–H groups in total. The van der Waals surface area contributed by atoms with E-state index in [1.54, 1.807) is 0 Å². The van der Waals surface area contributed by atoms with E-state index in [4.69, 9.17) is 5.11 Å². The first-order valence-electron chi connectivity index (χ1n) is 5.96. The minimum atomic E-state index is -1.23. The van der Waals surface area contributed by atoms with Gasteiger partial charge in [0.2, 0.25) is 0 Å². The second kappa shape index (κ2) is 4.82. The molecule has 0 aliphatic rings. The van der Waals surface area contributed by atoms with Crippen molar-refractivity contribution in [3.63, 3.8) is 0 Å². The van der Waals surface area contributed by atoms with E-state index in [0.29, 0.717) is 11.2 Å². The second-order valence-electron chi connectivity index (χ2n) is 4.40. The smallest absolute Gasteiger partial charge is 0.350 e. The Balaban J connectivity index is 2.04. The highest BCUT2D eigenvalue weighted by Gasteiger charge is 2.11. The van der Waals surface area contributed by atoms with E-state index in [9.17, 15) is 14.0 Å². The molecule has 3 rings (SSSR count). The van der Waals surface area contributed by atoms with E-state index in [-0.39, 0.29) is 12.1 Å². The third kappa shape index (κ3) is 2.38. The molecule has 0 fully saturated rings. The number of nitrogens with zero attached hydrogens (tertiary/aromatic N) is 4. The Hall–Kier alpha value is -3.03. The molecule has 0 radical (unpaired) electrons. The highest BCUT2D eigenvalue weighted by atomic mass is 19.1. The Morgan fingerprint density at radius 3 is 2.86 bits per heavy atom. The Labute approximate surface area is 116 Å². The summed E-state index contributed by atoms with van der Waals surface area (Å²) < 4.78 is 15.8. The molecule has 21 heavy (non-hydrogen) atoms. The van der Waals surface area contributed by atoms with E-state index in [1.165, 1.54) is 35.1 Å². The molecule has 0 saturated carbocycles. The maximum atomic E-state index is 13.4. The summed E-state index contributed by atoms with van der Waals surface area (Å²) in [5.74, 6) is -1.91. The monoisotopic (exact) mass is 288 g/mol. The third-order valence-corrected chi connectivity index (χ3v) is 2.93. The molecular formula is C13H9FN4O3. The van der Waals surface area contributed by atoms with E-state index in [2.05, 4.69) is 10.1 Å². The first kappa shape index (κ1) is 13.0. The number of fused-ring (bicyclic) bond motifs is 1. The minimum absolute atomic E-state index is 0.0292. The van der Waals surface area contributed by atoms with Gasteiger partial charge in [0.05, 0.1) is 18.3 Å². The third-order valence-electron chi connectivity index (χ3n) is 2.93. The average molecular weight is 288 g/mol. The lowest BCUT2D eigenvalue weighted by Crippen LogP contribution is -2.21. The van der Waals surface area contributed by atoms with Gasteiger partial charge in [-0.05, 0) is 23.8 Å². The summed E-state index contributed by atoms with van der Waals surface area (Å²) in [6.45, 7) is -0.0292. The van der Waals surface area contributed by atoms with Gasteiger partial charge in [0.25, 0.3) is 0 Å². The lowest BCUT2D eigenvalue weighted by molar-refractivity contribution is 0.0696. The van der Waals surface area contributed by atoms with Crippen LogP contribution in [0, 0.1) is 5.82 Å². The van der Waals surface area contributed by atoms with Gasteiger partial charge in [-0.15, -0.1) is 5.10 Å². The van der Waals surface area contributed by atoms with Crippen molar-refractivity contribution in [3.05, 3.63) is 64.2 Å². The van der Waals surface area contributed by atoms with Gasteiger partial charge in [-0.3, -0.25) is 4.98 Å². The fourth-order valence-electron chi connectivity index (χ4n) is 2.02. The number of hydrogen-bond donors (Lipinski definition) is 1. The molecule has 0 aliphatic carbocycles. The maximum absolute atomic E-state index is 13.4. The molecule has 1 aromatic carbocycles. The van der Waals surface area contributed by atoms with Gasteiger partial charge in [-0.1, -0.05) is 0 Å². The summed E-state index contributed by atoms with van der Waals surface area (Å²) >= 11 is 0. The topological polar surface area (TPSA) is 89.5 Å². The molecule has 0 bridgehead atoms. The molecule has 0 atom stereocenters. The Kier molecular flexibility index (Phi) is 2.98. The molecule has 3 aromatic rings. The van der Waals surface area contributed by atoms with Crippen molar-refractivity contribution >= 4 is 11.6 Å². The zero-order chi connectivity index (χ0) is 15.0. The molecule has 8 heteroatoms. The second-order valence-corrected chi connectivity index (χ2v) is 4.40. The fourth-order valence-corrected chi connectivity index (χ4v) is 2.02. The molecule has 0 aliphatic heterocycles. The largest absolute Gasteiger partial charge is 0.478 e. The maximum Gasteiger partial charge on any atom is 0.350 e. The zero-order valence-corrected chi connectivity index (χ0v) is 10.6. The Bertz CT molecular complexity index is 900. The number of halogens is 1. The van der Waals surface area contributed by atoms with Crippen LogP contribution in [-0.4, -0.2) is 30.2 Å². The number of aromatic carboxylic acids is 1. The predicted octanol–water partition coefficient (Wildman–Crippen LogP) is 0.777. The lowest BCUT2D eigenvalue weighted by Gasteiger charge is -2.03. The van der Waals surface area contributed by atoms with Crippen LogP contribution in [0.4, 0.5) is 4.39 Å². The van der Waals surface area contributed by atoms with Crippen molar-refractivity contribution in [1.29, 1.82) is 0 Å². The van der Waals surface area contributed by atoms with E-state index in [0.717, 1.165) is 10.7 Å². The number of carboxylic acids is 1. The van der Waals surface area contributed by atoms with Crippen molar-refractivity contribution < 1.29 is 14.3 Å². The van der Waals surface area contributed by atoms with Crippen LogP contribution in [0.2, 0.25) is 0 Å². The summed E-state index contributed by atoms with van der Waals surface area (Å²) in [6.07, 6.45) is 4.34. The molecule has 0 amide bonds. The van der Waals surface area contributed by atoms with Gasteiger partial charge in [0, 0.05) is 12.4 Å². The SMILES string of the molecule is O=C(O)c1cc(F)cc(Cn2nc3cnccn3c2=O)c1. The van der Waals surface area contributed by atoms with Gasteiger partial charge < -0.3 is 5.11 Å². The quantitative estimate of drug-likeness (QED) is 0.769. The van der Waals surface area contributed by atoms with Crippen LogP contribution in [0.5, 0.6) is 0 Å². The lowest BCUT2D eigenvalue weighted by atomic mass is 10.1. The van der Waals surface area contributed by atoms with Gasteiger partial charge in [-0.25, -0.2) is 23.1 Å². The van der Waals surface area contributed by atoms with E-state index < -0.39 is 17.5 Å². The van der Waals surface area contributed by atoms with E-state index >= 15 is 0 Å². The molecule has 2 heterocycles. The van der Waals surface area contributed by atoms with E-state index in [1.807, 2.05) is 0 Å². The van der Waals surface area contributed by atoms with Gasteiger partial charge in [-0.2, -0.15) is 0 Å². The first-order valence-corrected chi connectivity index (χ1v) is 5.96. The van der Waals surface area contributed by atoms with Crippen LogP contribution in [0.15, 0.2) is 41.6 Å². The Morgan fingerprint density at radius 1 is 1.33 bits per heavy atom. The number of hydrogen-bond acceptors (Lipinski definition) is 4.